The maximum atomic E-state index is 13.8. The number of phenolic OH excluding ortho intramolecular Hbond substituents is 1. The topological polar surface area (TPSA) is 101 Å². The number of thioether (sulfide) groups is 1. The van der Waals surface area contributed by atoms with Crippen molar-refractivity contribution in [1.29, 1.82) is 0 Å². The Morgan fingerprint density at radius 1 is 1.22 bits per heavy atom. The van der Waals surface area contributed by atoms with Crippen LogP contribution in [0.25, 0.3) is 0 Å². The monoisotopic (exact) mass is 507 g/mol. The number of nitrogens with zero attached hydrogens (tertiary/aromatic N) is 3. The minimum Gasteiger partial charge on any atom is -0.504 e. The summed E-state index contributed by atoms with van der Waals surface area (Å²) in [6.45, 7) is 10.3. The normalized spacial score (nSPS) is 14.9. The first-order valence-electron chi connectivity index (χ1n) is 12.2. The number of benzene rings is 2. The number of unbranched alkanes of at least 4 members (excludes halogenated alkanes) is 1. The van der Waals surface area contributed by atoms with Crippen molar-refractivity contribution >= 4 is 29.3 Å². The number of anilines is 2. The number of hydrogen-bond acceptors (Lipinski definition) is 7. The molecule has 2 aromatic carbocycles. The third-order valence-electron chi connectivity index (χ3n) is 6.26. The summed E-state index contributed by atoms with van der Waals surface area (Å²) in [4.78, 5) is 18.5. The van der Waals surface area contributed by atoms with Crippen molar-refractivity contribution in [2.24, 2.45) is 0 Å². The van der Waals surface area contributed by atoms with E-state index in [1.807, 2.05) is 45.9 Å². The highest BCUT2D eigenvalue weighted by atomic mass is 32.2. The Bertz CT molecular complexity index is 1300. The van der Waals surface area contributed by atoms with E-state index in [1.165, 1.54) is 0 Å². The van der Waals surface area contributed by atoms with Crippen molar-refractivity contribution in [1.82, 2.24) is 14.8 Å². The molecule has 1 amide bonds. The number of carbonyl (C=O) groups is 1. The number of aromatic nitrogens is 3. The maximum absolute atomic E-state index is 13.8. The second-order valence-electron chi connectivity index (χ2n) is 8.79. The predicted octanol–water partition coefficient (Wildman–Crippen LogP) is 5.82. The zero-order chi connectivity index (χ0) is 25.8. The van der Waals surface area contributed by atoms with Gasteiger partial charge in [-0.25, -0.2) is 4.68 Å². The van der Waals surface area contributed by atoms with Crippen molar-refractivity contribution in [3.05, 3.63) is 64.4 Å². The van der Waals surface area contributed by atoms with Gasteiger partial charge >= 0.3 is 0 Å². The molecule has 0 aliphatic carbocycles. The Kier molecular flexibility index (Phi) is 7.88. The fraction of sp³-hybridized carbons (Fsp3) is 0.370. The first-order chi connectivity index (χ1) is 17.3. The van der Waals surface area contributed by atoms with Crippen LogP contribution in [0.3, 0.4) is 0 Å². The van der Waals surface area contributed by atoms with Crippen molar-refractivity contribution in [2.45, 2.75) is 58.7 Å². The van der Waals surface area contributed by atoms with E-state index in [1.54, 1.807) is 34.6 Å². The fourth-order valence-electron chi connectivity index (χ4n) is 4.15. The van der Waals surface area contributed by atoms with E-state index in [-0.39, 0.29) is 11.7 Å². The minimum absolute atomic E-state index is 0.0475. The molecular formula is C27H33N5O3S. The summed E-state index contributed by atoms with van der Waals surface area (Å²) >= 11 is 1.60. The quantitative estimate of drug-likeness (QED) is 0.248. The summed E-state index contributed by atoms with van der Waals surface area (Å²) in [6.07, 6.45) is 2.17. The predicted molar refractivity (Wildman–Crippen MR) is 144 cm³/mol. The molecule has 1 aromatic heterocycles. The zero-order valence-electron chi connectivity index (χ0n) is 21.4. The molecule has 9 heteroatoms. The van der Waals surface area contributed by atoms with E-state index >= 15 is 0 Å². The lowest BCUT2D eigenvalue weighted by molar-refractivity contribution is -0.113. The molecule has 0 bridgehead atoms. The second-order valence-corrected chi connectivity index (χ2v) is 9.85. The molecule has 4 rings (SSSR count). The smallest absolute Gasteiger partial charge is 0.255 e. The van der Waals surface area contributed by atoms with E-state index in [9.17, 15) is 9.90 Å². The highest BCUT2D eigenvalue weighted by molar-refractivity contribution is 7.99. The molecule has 0 fully saturated rings. The number of hydrogen-bond donors (Lipinski definition) is 3. The van der Waals surface area contributed by atoms with Gasteiger partial charge in [-0.3, -0.25) is 4.79 Å². The van der Waals surface area contributed by atoms with Crippen LogP contribution in [0.15, 0.2) is 52.8 Å². The van der Waals surface area contributed by atoms with Gasteiger partial charge in [0, 0.05) is 17.1 Å². The maximum Gasteiger partial charge on any atom is 0.255 e. The van der Waals surface area contributed by atoms with E-state index < -0.39 is 6.04 Å². The van der Waals surface area contributed by atoms with Crippen LogP contribution in [0, 0.1) is 13.8 Å². The van der Waals surface area contributed by atoms with Crippen molar-refractivity contribution in [2.75, 3.05) is 23.0 Å². The highest BCUT2D eigenvalue weighted by Crippen LogP contribution is 2.39. The first-order valence-corrected chi connectivity index (χ1v) is 13.2. The fourth-order valence-corrected chi connectivity index (χ4v) is 5.06. The molecule has 1 atom stereocenters. The number of fused-ring (bicyclic) bond motifs is 1. The van der Waals surface area contributed by atoms with Crippen LogP contribution in [0.5, 0.6) is 11.5 Å². The second kappa shape index (κ2) is 11.1. The molecule has 0 saturated carbocycles. The summed E-state index contributed by atoms with van der Waals surface area (Å²) in [5.41, 5.74) is 4.86. The molecule has 1 aliphatic rings. The van der Waals surface area contributed by atoms with Crippen LogP contribution in [0.2, 0.25) is 0 Å². The number of ether oxygens (including phenoxy) is 1. The molecule has 0 spiro atoms. The lowest BCUT2D eigenvalue weighted by atomic mass is 9.94. The Morgan fingerprint density at radius 3 is 2.78 bits per heavy atom. The zero-order valence-corrected chi connectivity index (χ0v) is 22.2. The van der Waals surface area contributed by atoms with Gasteiger partial charge in [-0.15, -0.1) is 5.10 Å². The van der Waals surface area contributed by atoms with E-state index in [4.69, 9.17) is 9.84 Å². The molecule has 8 nitrogen and oxygen atoms in total. The molecule has 36 heavy (non-hydrogen) atoms. The van der Waals surface area contributed by atoms with Crippen LogP contribution < -0.4 is 15.4 Å². The van der Waals surface area contributed by atoms with Gasteiger partial charge in [0.15, 0.2) is 11.5 Å². The summed E-state index contributed by atoms with van der Waals surface area (Å²) in [5, 5.41) is 22.1. The number of amides is 1. The van der Waals surface area contributed by atoms with E-state index in [0.29, 0.717) is 34.7 Å². The van der Waals surface area contributed by atoms with E-state index in [0.717, 1.165) is 41.0 Å². The van der Waals surface area contributed by atoms with Crippen LogP contribution in [-0.2, 0) is 4.79 Å². The van der Waals surface area contributed by atoms with Crippen LogP contribution in [0.4, 0.5) is 11.6 Å². The van der Waals surface area contributed by atoms with Gasteiger partial charge in [0.05, 0.1) is 12.2 Å². The van der Waals surface area contributed by atoms with E-state index in [2.05, 4.69) is 22.5 Å². The number of carbonyl (C=O) groups excluding carboxylic acids is 1. The largest absolute Gasteiger partial charge is 0.504 e. The molecule has 3 N–H and O–H groups in total. The SMILES string of the molecule is CCCCSc1nc2n(n1)C(c1ccc(O)c(OCC)c1)C(C(=O)Nc1cccc(C)c1C)=C(C)N2. The third kappa shape index (κ3) is 5.21. The van der Waals surface area contributed by atoms with Gasteiger partial charge in [-0.1, -0.05) is 43.3 Å². The number of aryl methyl sites for hydroxylation is 1. The minimum atomic E-state index is -0.556. The standard InChI is InChI=1S/C27H33N5O3S/c1-6-8-14-36-27-30-26-28-18(5)23(25(34)29-20-11-9-10-16(3)17(20)4)24(32(26)31-27)19-12-13-21(33)22(15-19)35-7-2/h9-13,15,24,33H,6-8,14H2,1-5H3,(H,29,34)(H,28,30,31). The van der Waals surface area contributed by atoms with Gasteiger partial charge in [0.2, 0.25) is 11.1 Å². The van der Waals surface area contributed by atoms with Gasteiger partial charge < -0.3 is 20.5 Å². The Hall–Kier alpha value is -3.46. The summed E-state index contributed by atoms with van der Waals surface area (Å²) in [6, 6.07) is 10.4. The summed E-state index contributed by atoms with van der Waals surface area (Å²) in [7, 11) is 0. The van der Waals surface area contributed by atoms with Crippen molar-refractivity contribution in [3.63, 3.8) is 0 Å². The molecule has 3 aromatic rings. The number of nitrogens with one attached hydrogen (secondary N) is 2. The lowest BCUT2D eigenvalue weighted by Crippen LogP contribution is -2.31. The van der Waals surface area contributed by atoms with Gasteiger partial charge in [-0.2, -0.15) is 4.98 Å². The molecule has 190 valence electrons. The Morgan fingerprint density at radius 2 is 2.03 bits per heavy atom. The Balaban J connectivity index is 1.78. The first kappa shape index (κ1) is 25.6. The Labute approximate surface area is 216 Å². The number of aromatic hydroxyl groups is 1. The summed E-state index contributed by atoms with van der Waals surface area (Å²) < 4.78 is 7.39. The third-order valence-corrected chi connectivity index (χ3v) is 7.18. The van der Waals surface area contributed by atoms with Gasteiger partial charge in [-0.05, 0) is 69.0 Å². The number of rotatable bonds is 9. The molecule has 2 heterocycles. The van der Waals surface area contributed by atoms with Crippen LogP contribution >= 0.6 is 11.8 Å². The van der Waals surface area contributed by atoms with Crippen LogP contribution in [0.1, 0.15) is 56.3 Å². The summed E-state index contributed by atoms with van der Waals surface area (Å²) in [5.74, 6) is 1.67. The molecular weight excluding hydrogens is 474 g/mol. The highest BCUT2D eigenvalue weighted by Gasteiger charge is 2.35. The van der Waals surface area contributed by atoms with Crippen molar-refractivity contribution < 1.29 is 14.6 Å². The molecule has 1 aliphatic heterocycles. The molecule has 0 saturated heterocycles. The number of allylic oxidation sites excluding steroid dienone is 1. The lowest BCUT2D eigenvalue weighted by Gasteiger charge is -2.29. The average molecular weight is 508 g/mol. The van der Waals surface area contributed by atoms with Crippen molar-refractivity contribution in [3.8, 4) is 11.5 Å². The van der Waals surface area contributed by atoms with Crippen LogP contribution in [-0.4, -0.2) is 38.1 Å². The molecule has 1 unspecified atom stereocenters. The average Bonchev–Trinajstić information content (AvgIpc) is 3.25. The van der Waals surface area contributed by atoms with Gasteiger partial charge in [0.1, 0.15) is 6.04 Å². The van der Waals surface area contributed by atoms with Gasteiger partial charge in [0.25, 0.3) is 5.91 Å². The number of phenols is 1. The molecule has 0 radical (unpaired) electrons.